The van der Waals surface area contributed by atoms with Crippen molar-refractivity contribution in [2.45, 2.75) is 145 Å². The number of rotatable bonds is 12. The molecular weight excluding hydrogens is 605 g/mol. The van der Waals surface area contributed by atoms with Crippen molar-refractivity contribution in [3.05, 3.63) is 88.0 Å². The summed E-state index contributed by atoms with van der Waals surface area (Å²) >= 11 is 3.84. The van der Waals surface area contributed by atoms with E-state index >= 15 is 0 Å². The second-order valence-electron chi connectivity index (χ2n) is 16.8. The predicted octanol–water partition coefficient (Wildman–Crippen LogP) is 11.7. The third-order valence-electron chi connectivity index (χ3n) is 8.46. The van der Waals surface area contributed by atoms with Crippen molar-refractivity contribution in [1.82, 2.24) is 0 Å². The first kappa shape index (κ1) is 38.5. The van der Waals surface area contributed by atoms with Gasteiger partial charge in [-0.25, -0.2) is 0 Å². The van der Waals surface area contributed by atoms with Crippen LogP contribution < -0.4 is 4.74 Å². The lowest BCUT2D eigenvalue weighted by atomic mass is 9.77. The number of aliphatic hydroxyl groups excluding tert-OH is 1. The molecule has 0 bridgehead atoms. The van der Waals surface area contributed by atoms with E-state index in [1.165, 1.54) is 26.5 Å². The molecule has 0 aliphatic rings. The van der Waals surface area contributed by atoms with Crippen LogP contribution in [0.15, 0.2) is 64.4 Å². The zero-order valence-corrected chi connectivity index (χ0v) is 32.7. The fourth-order valence-corrected chi connectivity index (χ4v) is 8.60. The first-order valence-electron chi connectivity index (χ1n) is 16.6. The number of ether oxygens (including phenoxy) is 2. The van der Waals surface area contributed by atoms with Gasteiger partial charge in [-0.1, -0.05) is 106 Å². The summed E-state index contributed by atoms with van der Waals surface area (Å²) in [7, 11) is 0. The normalized spacial score (nSPS) is 13.3. The van der Waals surface area contributed by atoms with Gasteiger partial charge in [0.05, 0.1) is 10.7 Å². The second-order valence-corrected chi connectivity index (χ2v) is 20.4. The van der Waals surface area contributed by atoms with Crippen LogP contribution in [0.4, 0.5) is 0 Å². The van der Waals surface area contributed by atoms with Crippen molar-refractivity contribution < 1.29 is 14.6 Å². The summed E-state index contributed by atoms with van der Waals surface area (Å²) < 4.78 is 12.4. The Labute approximate surface area is 289 Å². The largest absolute Gasteiger partial charge is 0.467 e. The lowest BCUT2D eigenvalue weighted by Gasteiger charge is -2.34. The van der Waals surface area contributed by atoms with Crippen molar-refractivity contribution in [1.29, 1.82) is 0 Å². The molecule has 0 aromatic heterocycles. The topological polar surface area (TPSA) is 38.7 Å². The molecule has 0 aliphatic carbocycles. The molecule has 3 rings (SSSR count). The molecule has 0 saturated heterocycles. The average molecular weight is 665 g/mol. The quantitative estimate of drug-likeness (QED) is 0.118. The lowest BCUT2D eigenvalue weighted by Crippen LogP contribution is -2.24. The van der Waals surface area contributed by atoms with E-state index in [1.54, 1.807) is 0 Å². The van der Waals surface area contributed by atoms with Gasteiger partial charge < -0.3 is 14.6 Å². The maximum atomic E-state index is 10.0. The summed E-state index contributed by atoms with van der Waals surface area (Å²) in [4.78, 5) is 2.52. The van der Waals surface area contributed by atoms with Gasteiger partial charge in [-0.3, -0.25) is 0 Å². The molecule has 0 saturated carbocycles. The van der Waals surface area contributed by atoms with E-state index in [9.17, 15) is 5.11 Å². The van der Waals surface area contributed by atoms with Crippen LogP contribution in [0.2, 0.25) is 0 Å². The SMILES string of the molecule is Cc1c(C(C)(C)C)cc(SC(C)(C)Sc2cc(C(C)(C)C)c(OCOCc3ccccc3)c(C(C)(C)CCO)c2)cc1C(C)(C)C. The van der Waals surface area contributed by atoms with Gasteiger partial charge in [-0.2, -0.15) is 0 Å². The smallest absolute Gasteiger partial charge is 0.189 e. The molecule has 5 heteroatoms. The molecule has 1 N–H and O–H groups in total. The van der Waals surface area contributed by atoms with Crippen LogP contribution in [0, 0.1) is 6.92 Å². The maximum Gasteiger partial charge on any atom is 0.189 e. The molecule has 46 heavy (non-hydrogen) atoms. The summed E-state index contributed by atoms with van der Waals surface area (Å²) in [5.74, 6) is 0.872. The molecule has 0 aliphatic heterocycles. The van der Waals surface area contributed by atoms with Crippen LogP contribution in [0.25, 0.3) is 0 Å². The van der Waals surface area contributed by atoms with E-state index in [-0.39, 0.29) is 39.1 Å². The predicted molar refractivity (Wildman–Crippen MR) is 201 cm³/mol. The summed E-state index contributed by atoms with van der Waals surface area (Å²) in [5.41, 5.74) is 7.30. The van der Waals surface area contributed by atoms with E-state index in [0.29, 0.717) is 13.0 Å². The van der Waals surface area contributed by atoms with E-state index in [4.69, 9.17) is 9.47 Å². The molecule has 0 unspecified atom stereocenters. The molecule has 0 radical (unpaired) electrons. The third kappa shape index (κ3) is 10.3. The van der Waals surface area contributed by atoms with Gasteiger partial charge in [0.1, 0.15) is 5.75 Å². The Morgan fingerprint density at radius 2 is 1.09 bits per heavy atom. The summed E-state index contributed by atoms with van der Waals surface area (Å²) in [6, 6.07) is 19.6. The van der Waals surface area contributed by atoms with Crippen molar-refractivity contribution in [3.8, 4) is 5.75 Å². The van der Waals surface area contributed by atoms with Gasteiger partial charge in [0.25, 0.3) is 0 Å². The number of benzene rings is 3. The maximum absolute atomic E-state index is 10.0. The summed E-state index contributed by atoms with van der Waals surface area (Å²) in [6.45, 7) is 32.7. The van der Waals surface area contributed by atoms with Crippen molar-refractivity contribution in [2.75, 3.05) is 13.4 Å². The van der Waals surface area contributed by atoms with E-state index in [1.807, 2.05) is 41.7 Å². The molecule has 0 spiro atoms. The standard InChI is InChI=1S/C41H60O3S2/c1-28-32(37(2,3)4)22-30(23-33(28)38(5,6)7)45-41(13,14)46-31-24-34(39(8,9)10)36(35(25-31)40(11,12)20-21-42)44-27-43-26-29-18-16-15-17-19-29/h15-19,22-25,42H,20-21,26-27H2,1-14H3. The zero-order chi connectivity index (χ0) is 34.7. The number of hydrogen-bond donors (Lipinski definition) is 1. The fraction of sp³-hybridized carbons (Fsp3) is 0.561. The highest BCUT2D eigenvalue weighted by Gasteiger charge is 2.33. The van der Waals surface area contributed by atoms with Gasteiger partial charge >= 0.3 is 0 Å². The minimum Gasteiger partial charge on any atom is -0.467 e. The van der Waals surface area contributed by atoms with Gasteiger partial charge in [-0.05, 0) is 95.4 Å². The van der Waals surface area contributed by atoms with Crippen molar-refractivity contribution >= 4 is 23.5 Å². The van der Waals surface area contributed by atoms with Gasteiger partial charge in [0.15, 0.2) is 6.79 Å². The Hall–Kier alpha value is -1.92. The Bertz CT molecular complexity index is 1420. The van der Waals surface area contributed by atoms with Crippen LogP contribution in [-0.4, -0.2) is 22.6 Å². The van der Waals surface area contributed by atoms with E-state index in [2.05, 4.69) is 133 Å². The number of aliphatic hydroxyl groups is 1. The minimum atomic E-state index is -0.294. The van der Waals surface area contributed by atoms with Crippen LogP contribution in [-0.2, 0) is 33.0 Å². The van der Waals surface area contributed by atoms with Gasteiger partial charge in [-0.15, -0.1) is 23.5 Å². The molecule has 3 aromatic rings. The molecule has 0 amide bonds. The number of thioether (sulfide) groups is 2. The van der Waals surface area contributed by atoms with Crippen LogP contribution in [0.3, 0.4) is 0 Å². The number of hydrogen-bond acceptors (Lipinski definition) is 5. The van der Waals surface area contributed by atoms with Gasteiger partial charge in [0, 0.05) is 27.5 Å². The van der Waals surface area contributed by atoms with Crippen LogP contribution in [0.5, 0.6) is 5.75 Å². The lowest BCUT2D eigenvalue weighted by molar-refractivity contribution is 0.00296. The fourth-order valence-electron chi connectivity index (χ4n) is 6.02. The molecule has 0 heterocycles. The van der Waals surface area contributed by atoms with Crippen LogP contribution in [0.1, 0.15) is 130 Å². The van der Waals surface area contributed by atoms with Gasteiger partial charge in [0.2, 0.25) is 0 Å². The summed E-state index contributed by atoms with van der Waals surface area (Å²) in [5, 5.41) is 10.0. The Balaban J connectivity index is 2.03. The first-order chi connectivity index (χ1) is 21.0. The first-order valence-corrected chi connectivity index (χ1v) is 18.3. The molecule has 3 nitrogen and oxygen atoms in total. The van der Waals surface area contributed by atoms with E-state index < -0.39 is 0 Å². The highest BCUT2D eigenvalue weighted by atomic mass is 32.2. The molecule has 0 atom stereocenters. The Kier molecular flexibility index (Phi) is 12.3. The Morgan fingerprint density at radius 3 is 1.54 bits per heavy atom. The van der Waals surface area contributed by atoms with Crippen molar-refractivity contribution in [2.24, 2.45) is 0 Å². The summed E-state index contributed by atoms with van der Waals surface area (Å²) in [6.07, 6.45) is 0.638. The monoisotopic (exact) mass is 664 g/mol. The van der Waals surface area contributed by atoms with E-state index in [0.717, 1.165) is 22.4 Å². The molecule has 0 fully saturated rings. The molecular formula is C41H60O3S2. The minimum absolute atomic E-state index is 0.0629. The molecule has 3 aromatic carbocycles. The highest BCUT2D eigenvalue weighted by Crippen LogP contribution is 2.50. The second kappa shape index (κ2) is 14.7. The molecule has 254 valence electrons. The van der Waals surface area contributed by atoms with Crippen molar-refractivity contribution in [3.63, 3.8) is 0 Å². The van der Waals surface area contributed by atoms with Crippen LogP contribution >= 0.6 is 23.5 Å². The average Bonchev–Trinajstić information content (AvgIpc) is 2.90. The third-order valence-corrected chi connectivity index (χ3v) is 10.9. The zero-order valence-electron chi connectivity index (χ0n) is 31.1. The highest BCUT2D eigenvalue weighted by molar-refractivity contribution is 8.18. The Morgan fingerprint density at radius 1 is 0.630 bits per heavy atom.